The van der Waals surface area contributed by atoms with E-state index in [0.717, 1.165) is 6.07 Å². The summed E-state index contributed by atoms with van der Waals surface area (Å²) in [5, 5.41) is 20.3. The number of halogens is 1. The van der Waals surface area contributed by atoms with Gasteiger partial charge in [-0.1, -0.05) is 12.1 Å². The largest absolute Gasteiger partial charge is 0.378 e. The van der Waals surface area contributed by atoms with Crippen molar-refractivity contribution < 1.29 is 27.1 Å². The third-order valence-corrected chi connectivity index (χ3v) is 6.28. The number of carbonyl (C=O) groups excluding carboxylic acids is 1. The minimum atomic E-state index is -4.34. The van der Waals surface area contributed by atoms with Crippen LogP contribution in [0.25, 0.3) is 6.08 Å². The van der Waals surface area contributed by atoms with Crippen LogP contribution in [0.1, 0.15) is 5.56 Å². The molecule has 3 rings (SSSR count). The zero-order valence-electron chi connectivity index (χ0n) is 16.4. The predicted octanol–water partition coefficient (Wildman–Crippen LogP) is 2.89. The molecular weight excluding hydrogens is 506 g/mol. The third kappa shape index (κ3) is 5.50. The van der Waals surface area contributed by atoms with Gasteiger partial charge in [0.05, 0.1) is 22.6 Å². The Morgan fingerprint density at radius 3 is 2.59 bits per heavy atom. The van der Waals surface area contributed by atoms with Crippen molar-refractivity contribution in [3.63, 3.8) is 0 Å². The molecule has 1 aliphatic rings. The Bertz CT molecular complexity index is 1230. The number of hydrogen-bond acceptors (Lipinski definition) is 8. The van der Waals surface area contributed by atoms with Crippen LogP contribution in [0.15, 0.2) is 57.4 Å². The number of carbonyl (C=O) groups is 1. The van der Waals surface area contributed by atoms with Crippen molar-refractivity contribution in [1.82, 2.24) is 4.90 Å². The normalized spacial score (nSPS) is 14.5. The van der Waals surface area contributed by atoms with E-state index in [1.807, 2.05) is 6.07 Å². The maximum absolute atomic E-state index is 12.5. The number of nitriles is 1. The van der Waals surface area contributed by atoms with Crippen LogP contribution in [0.3, 0.4) is 0 Å². The molecule has 0 aliphatic carbocycles. The molecule has 0 atom stereocenters. The lowest BCUT2D eigenvalue weighted by Gasteiger charge is -2.26. The predicted molar refractivity (Wildman–Crippen MR) is 116 cm³/mol. The topological polar surface area (TPSA) is 140 Å². The van der Waals surface area contributed by atoms with Crippen molar-refractivity contribution >= 4 is 43.7 Å². The van der Waals surface area contributed by atoms with Gasteiger partial charge in [-0.2, -0.15) is 13.7 Å². The Labute approximate surface area is 192 Å². The van der Waals surface area contributed by atoms with Crippen molar-refractivity contribution in [3.05, 3.63) is 68.2 Å². The number of nitrogens with zero attached hydrogens (tertiary/aromatic N) is 3. The molecule has 10 nitrogen and oxygen atoms in total. The van der Waals surface area contributed by atoms with Crippen molar-refractivity contribution in [3.8, 4) is 11.8 Å². The van der Waals surface area contributed by atoms with Crippen LogP contribution < -0.4 is 4.18 Å². The van der Waals surface area contributed by atoms with Crippen LogP contribution in [0.4, 0.5) is 5.69 Å². The number of non-ortho nitro benzene ring substituents is 1. The maximum Gasteiger partial charge on any atom is 0.339 e. The second-order valence-corrected chi connectivity index (χ2v) is 8.96. The summed E-state index contributed by atoms with van der Waals surface area (Å²) in [6, 6.07) is 10.7. The van der Waals surface area contributed by atoms with Crippen LogP contribution in [-0.2, 0) is 19.6 Å². The molecule has 2 aromatic carbocycles. The summed E-state index contributed by atoms with van der Waals surface area (Å²) in [5.41, 5.74) is 0.00927. The molecule has 0 unspecified atom stereocenters. The van der Waals surface area contributed by atoms with E-state index in [9.17, 15) is 28.6 Å². The lowest BCUT2D eigenvalue weighted by Crippen LogP contribution is -2.41. The highest BCUT2D eigenvalue weighted by Gasteiger charge is 2.22. The van der Waals surface area contributed by atoms with Crippen LogP contribution in [0.2, 0.25) is 0 Å². The lowest BCUT2D eigenvalue weighted by molar-refractivity contribution is -0.385. The second kappa shape index (κ2) is 9.90. The molecule has 0 bridgehead atoms. The number of morpholine rings is 1. The molecule has 32 heavy (non-hydrogen) atoms. The number of hydrogen-bond donors (Lipinski definition) is 0. The van der Waals surface area contributed by atoms with E-state index in [4.69, 9.17) is 8.92 Å². The van der Waals surface area contributed by atoms with Gasteiger partial charge in [-0.3, -0.25) is 14.9 Å². The molecule has 0 saturated carbocycles. The molecule has 0 spiro atoms. The number of nitro groups is 1. The summed E-state index contributed by atoms with van der Waals surface area (Å²) >= 11 is 3.21. The number of ether oxygens (including phenoxy) is 1. The highest BCUT2D eigenvalue weighted by molar-refractivity contribution is 9.10. The Morgan fingerprint density at radius 1 is 1.25 bits per heavy atom. The third-order valence-electron chi connectivity index (χ3n) is 4.43. The van der Waals surface area contributed by atoms with E-state index in [1.54, 1.807) is 0 Å². The van der Waals surface area contributed by atoms with Gasteiger partial charge >= 0.3 is 10.1 Å². The van der Waals surface area contributed by atoms with Crippen molar-refractivity contribution in [1.29, 1.82) is 5.26 Å². The quantitative estimate of drug-likeness (QED) is 0.186. The summed E-state index contributed by atoms with van der Waals surface area (Å²) in [5.74, 6) is -0.479. The fourth-order valence-electron chi connectivity index (χ4n) is 2.84. The molecule has 2 aromatic rings. The first kappa shape index (κ1) is 23.4. The Hall–Kier alpha value is -3.27. The molecule has 1 heterocycles. The molecule has 0 aromatic heterocycles. The molecule has 166 valence electrons. The van der Waals surface area contributed by atoms with E-state index in [2.05, 4.69) is 15.9 Å². The average Bonchev–Trinajstić information content (AvgIpc) is 2.79. The zero-order chi connectivity index (χ0) is 23.3. The first-order valence-corrected chi connectivity index (χ1v) is 11.4. The van der Waals surface area contributed by atoms with Crippen molar-refractivity contribution in [2.75, 3.05) is 26.3 Å². The molecule has 0 N–H and O–H groups in total. The first-order chi connectivity index (χ1) is 15.2. The minimum absolute atomic E-state index is 0.0633. The van der Waals surface area contributed by atoms with Crippen LogP contribution in [-0.4, -0.2) is 50.5 Å². The summed E-state index contributed by atoms with van der Waals surface area (Å²) in [6.07, 6.45) is 1.39. The van der Waals surface area contributed by atoms with Gasteiger partial charge in [-0.25, -0.2) is 0 Å². The van der Waals surface area contributed by atoms with Gasteiger partial charge in [-0.05, 0) is 45.8 Å². The number of rotatable bonds is 6. The highest BCUT2D eigenvalue weighted by atomic mass is 79.9. The Kier molecular flexibility index (Phi) is 7.24. The second-order valence-electron chi connectivity index (χ2n) is 6.56. The zero-order valence-corrected chi connectivity index (χ0v) is 18.8. The van der Waals surface area contributed by atoms with Crippen LogP contribution in [0, 0.1) is 21.4 Å². The van der Waals surface area contributed by atoms with Gasteiger partial charge in [0, 0.05) is 25.2 Å². The highest BCUT2D eigenvalue weighted by Crippen LogP contribution is 2.30. The molecule has 0 radical (unpaired) electrons. The summed E-state index contributed by atoms with van der Waals surface area (Å²) < 4.78 is 35.6. The van der Waals surface area contributed by atoms with Gasteiger partial charge in [-0.15, -0.1) is 0 Å². The maximum atomic E-state index is 12.5. The number of benzene rings is 2. The average molecular weight is 522 g/mol. The fraction of sp³-hybridized carbons (Fsp3) is 0.200. The van der Waals surface area contributed by atoms with Gasteiger partial charge < -0.3 is 13.8 Å². The fourth-order valence-corrected chi connectivity index (χ4v) is 4.41. The Morgan fingerprint density at radius 2 is 1.97 bits per heavy atom. The standard InChI is InChI=1S/C20H16BrN3O7S/c21-18-11-14(10-15(13-22)20(25)23-6-8-30-9-7-23)4-5-19(18)31-32(28,29)17-3-1-2-16(12-17)24(26)27/h1-5,10-12H,6-9H2/b15-10+. The van der Waals surface area contributed by atoms with Gasteiger partial charge in [0.1, 0.15) is 16.5 Å². The van der Waals surface area contributed by atoms with E-state index >= 15 is 0 Å². The number of amides is 1. The minimum Gasteiger partial charge on any atom is -0.378 e. The van der Waals surface area contributed by atoms with E-state index in [1.165, 1.54) is 47.4 Å². The molecule has 1 aliphatic heterocycles. The van der Waals surface area contributed by atoms with Crippen molar-refractivity contribution in [2.45, 2.75) is 4.90 Å². The van der Waals surface area contributed by atoms with Gasteiger partial charge in [0.15, 0.2) is 5.75 Å². The molecule has 1 fully saturated rings. The van der Waals surface area contributed by atoms with Crippen molar-refractivity contribution in [2.24, 2.45) is 0 Å². The summed E-state index contributed by atoms with van der Waals surface area (Å²) in [7, 11) is -4.34. The summed E-state index contributed by atoms with van der Waals surface area (Å²) in [4.78, 5) is 23.9. The van der Waals surface area contributed by atoms with Crippen LogP contribution >= 0.6 is 15.9 Å². The first-order valence-electron chi connectivity index (χ1n) is 9.18. The van der Waals surface area contributed by atoms with E-state index in [-0.39, 0.29) is 26.4 Å². The number of nitro benzene ring substituents is 1. The molecular formula is C20H16BrN3O7S. The van der Waals surface area contributed by atoms with Crippen LogP contribution in [0.5, 0.6) is 5.75 Å². The Balaban J connectivity index is 1.82. The monoisotopic (exact) mass is 521 g/mol. The lowest BCUT2D eigenvalue weighted by atomic mass is 10.1. The molecule has 1 saturated heterocycles. The van der Waals surface area contributed by atoms with Gasteiger partial charge in [0.25, 0.3) is 11.6 Å². The molecule has 1 amide bonds. The smallest absolute Gasteiger partial charge is 0.339 e. The van der Waals surface area contributed by atoms with E-state index in [0.29, 0.717) is 31.9 Å². The molecule has 12 heteroatoms. The van der Waals surface area contributed by atoms with Gasteiger partial charge in [0.2, 0.25) is 0 Å². The SMILES string of the molecule is N#C/C(=C\c1ccc(OS(=O)(=O)c2cccc([N+](=O)[O-])c2)c(Br)c1)C(=O)N1CCOCC1. The summed E-state index contributed by atoms with van der Waals surface area (Å²) in [6.45, 7) is 1.59. The van der Waals surface area contributed by atoms with E-state index < -0.39 is 20.9 Å².